The summed E-state index contributed by atoms with van der Waals surface area (Å²) in [6.07, 6.45) is 11.1. The van der Waals surface area contributed by atoms with Gasteiger partial charge in [0, 0.05) is 56.3 Å². The van der Waals surface area contributed by atoms with E-state index in [0.717, 1.165) is 54.7 Å². The zero-order valence-electron chi connectivity index (χ0n) is 16.9. The van der Waals surface area contributed by atoms with Crippen LogP contribution in [0.15, 0.2) is 47.7 Å². The van der Waals surface area contributed by atoms with E-state index in [0.29, 0.717) is 24.4 Å². The zero-order valence-corrected chi connectivity index (χ0v) is 16.9. The number of ether oxygens (including phenoxy) is 1. The molecule has 1 aliphatic carbocycles. The number of aromatic nitrogens is 4. The van der Waals surface area contributed by atoms with Crippen LogP contribution in [0.1, 0.15) is 42.5 Å². The molecule has 1 fully saturated rings. The maximum absolute atomic E-state index is 12.7. The highest BCUT2D eigenvalue weighted by Crippen LogP contribution is 2.24. The van der Waals surface area contributed by atoms with E-state index in [1.165, 1.54) is 12.8 Å². The monoisotopic (exact) mass is 403 g/mol. The van der Waals surface area contributed by atoms with Crippen molar-refractivity contribution < 1.29 is 4.74 Å². The lowest BCUT2D eigenvalue weighted by molar-refractivity contribution is 0.201. The number of fused-ring (bicyclic) bond motifs is 1. The van der Waals surface area contributed by atoms with Crippen molar-refractivity contribution in [3.8, 4) is 17.3 Å². The van der Waals surface area contributed by atoms with Crippen molar-refractivity contribution in [2.24, 2.45) is 0 Å². The Morgan fingerprint density at radius 3 is 2.83 bits per heavy atom. The van der Waals surface area contributed by atoms with Crippen molar-refractivity contribution in [2.45, 2.75) is 51.3 Å². The van der Waals surface area contributed by atoms with E-state index in [-0.39, 0.29) is 5.56 Å². The van der Waals surface area contributed by atoms with Gasteiger partial charge in [-0.15, -0.1) is 0 Å². The third-order valence-corrected chi connectivity index (χ3v) is 5.88. The van der Waals surface area contributed by atoms with Crippen molar-refractivity contribution in [3.63, 3.8) is 0 Å². The molecule has 154 valence electrons. The maximum Gasteiger partial charge on any atom is 0.255 e. The van der Waals surface area contributed by atoms with Crippen LogP contribution in [0.25, 0.3) is 11.4 Å². The summed E-state index contributed by atoms with van der Waals surface area (Å²) in [6.45, 7) is 2.20. The Morgan fingerprint density at radius 2 is 2.07 bits per heavy atom. The highest BCUT2D eigenvalue weighted by molar-refractivity contribution is 5.53. The molecule has 30 heavy (non-hydrogen) atoms. The summed E-state index contributed by atoms with van der Waals surface area (Å²) in [4.78, 5) is 31.2. The number of hydrogen-bond donors (Lipinski definition) is 1. The first-order valence-electron chi connectivity index (χ1n) is 10.6. The first kappa shape index (κ1) is 18.9. The molecule has 0 saturated heterocycles. The normalized spacial score (nSPS) is 17.1. The van der Waals surface area contributed by atoms with Crippen LogP contribution in [0.3, 0.4) is 0 Å². The Bertz CT molecular complexity index is 1060. The quantitative estimate of drug-likeness (QED) is 0.705. The van der Waals surface area contributed by atoms with Crippen LogP contribution in [0.4, 0.5) is 0 Å². The summed E-state index contributed by atoms with van der Waals surface area (Å²) in [6, 6.07) is 7.77. The zero-order chi connectivity index (χ0) is 20.3. The number of aromatic amines is 1. The van der Waals surface area contributed by atoms with Crippen LogP contribution in [0.2, 0.25) is 0 Å². The molecule has 7 heteroatoms. The van der Waals surface area contributed by atoms with Crippen molar-refractivity contribution in [2.75, 3.05) is 6.54 Å². The van der Waals surface area contributed by atoms with E-state index in [9.17, 15) is 4.79 Å². The topological polar surface area (TPSA) is 84.0 Å². The summed E-state index contributed by atoms with van der Waals surface area (Å²) in [5.41, 5.74) is 3.51. The second kappa shape index (κ2) is 8.36. The lowest BCUT2D eigenvalue weighted by atomic mass is 10.1. The first-order valence-corrected chi connectivity index (χ1v) is 10.6. The van der Waals surface area contributed by atoms with Crippen LogP contribution >= 0.6 is 0 Å². The van der Waals surface area contributed by atoms with Gasteiger partial charge in [-0.1, -0.05) is 6.07 Å². The highest BCUT2D eigenvalue weighted by Gasteiger charge is 2.22. The fourth-order valence-corrected chi connectivity index (χ4v) is 4.26. The van der Waals surface area contributed by atoms with Gasteiger partial charge < -0.3 is 9.72 Å². The third-order valence-electron chi connectivity index (χ3n) is 5.88. The van der Waals surface area contributed by atoms with Gasteiger partial charge in [-0.25, -0.2) is 9.97 Å². The summed E-state index contributed by atoms with van der Waals surface area (Å²) in [5.74, 6) is 1.29. The standard InChI is InChI=1S/C23H25N5O2/c29-23-19-15-28(11-9-20(19)26-22(27-23)17-4-3-10-24-13-17)14-16-7-8-21(25-12-16)30-18-5-1-2-6-18/h3-4,7-8,10,12-13,18H,1-2,5-6,9,11,14-15H2,(H,26,27,29). The lowest BCUT2D eigenvalue weighted by Gasteiger charge is -2.27. The lowest BCUT2D eigenvalue weighted by Crippen LogP contribution is -2.35. The van der Waals surface area contributed by atoms with Gasteiger partial charge in [0.1, 0.15) is 11.9 Å². The smallest absolute Gasteiger partial charge is 0.255 e. The van der Waals surface area contributed by atoms with Gasteiger partial charge in [-0.2, -0.15) is 0 Å². The molecule has 0 aromatic carbocycles. The fourth-order valence-electron chi connectivity index (χ4n) is 4.26. The van der Waals surface area contributed by atoms with Gasteiger partial charge in [0.15, 0.2) is 0 Å². The van der Waals surface area contributed by atoms with Crippen molar-refractivity contribution >= 4 is 0 Å². The molecule has 2 aliphatic rings. The first-order chi connectivity index (χ1) is 14.7. The predicted molar refractivity (Wildman–Crippen MR) is 113 cm³/mol. The fraction of sp³-hybridized carbons (Fsp3) is 0.391. The largest absolute Gasteiger partial charge is 0.474 e. The average Bonchev–Trinajstić information content (AvgIpc) is 3.29. The number of H-pyrrole nitrogens is 1. The van der Waals surface area contributed by atoms with E-state index >= 15 is 0 Å². The highest BCUT2D eigenvalue weighted by atomic mass is 16.5. The third kappa shape index (κ3) is 4.11. The number of nitrogens with one attached hydrogen (secondary N) is 1. The van der Waals surface area contributed by atoms with E-state index in [1.807, 2.05) is 24.4 Å². The molecular formula is C23H25N5O2. The predicted octanol–water partition coefficient (Wildman–Crippen LogP) is 3.11. The maximum atomic E-state index is 12.7. The Labute approximate surface area is 175 Å². The minimum Gasteiger partial charge on any atom is -0.474 e. The molecule has 1 saturated carbocycles. The van der Waals surface area contributed by atoms with Gasteiger partial charge in [0.05, 0.1) is 11.3 Å². The van der Waals surface area contributed by atoms with Gasteiger partial charge in [-0.3, -0.25) is 14.7 Å². The Morgan fingerprint density at radius 1 is 1.17 bits per heavy atom. The summed E-state index contributed by atoms with van der Waals surface area (Å²) in [5, 5.41) is 0. The molecular weight excluding hydrogens is 378 g/mol. The second-order valence-corrected chi connectivity index (χ2v) is 8.07. The van der Waals surface area contributed by atoms with Crippen molar-refractivity contribution in [1.82, 2.24) is 24.8 Å². The average molecular weight is 403 g/mol. The molecule has 0 atom stereocenters. The van der Waals surface area contributed by atoms with E-state index in [2.05, 4.69) is 25.9 Å². The number of nitrogens with zero attached hydrogens (tertiary/aromatic N) is 4. The molecule has 0 bridgehead atoms. The molecule has 0 radical (unpaired) electrons. The number of pyridine rings is 2. The summed E-state index contributed by atoms with van der Waals surface area (Å²) in [7, 11) is 0. The van der Waals surface area contributed by atoms with Crippen LogP contribution in [-0.2, 0) is 19.5 Å². The van der Waals surface area contributed by atoms with E-state index in [4.69, 9.17) is 9.72 Å². The van der Waals surface area contributed by atoms with E-state index < -0.39 is 0 Å². The van der Waals surface area contributed by atoms with Crippen LogP contribution in [-0.4, -0.2) is 37.5 Å². The Balaban J connectivity index is 1.26. The molecule has 3 aromatic heterocycles. The second-order valence-electron chi connectivity index (χ2n) is 8.07. The van der Waals surface area contributed by atoms with Crippen LogP contribution < -0.4 is 10.3 Å². The summed E-state index contributed by atoms with van der Waals surface area (Å²) < 4.78 is 5.95. The molecule has 3 aromatic rings. The van der Waals surface area contributed by atoms with Crippen LogP contribution in [0, 0.1) is 0 Å². The van der Waals surface area contributed by atoms with Gasteiger partial charge >= 0.3 is 0 Å². The Kier molecular flexibility index (Phi) is 5.27. The minimum atomic E-state index is -0.0676. The Hall–Kier alpha value is -3.06. The number of rotatable bonds is 5. The molecule has 5 rings (SSSR count). The van der Waals surface area contributed by atoms with Gasteiger partial charge in [-0.05, 0) is 43.4 Å². The molecule has 0 spiro atoms. The van der Waals surface area contributed by atoms with Gasteiger partial charge in [0.2, 0.25) is 5.88 Å². The van der Waals surface area contributed by atoms with E-state index in [1.54, 1.807) is 12.4 Å². The molecule has 1 N–H and O–H groups in total. The molecule has 0 unspecified atom stereocenters. The van der Waals surface area contributed by atoms with Crippen molar-refractivity contribution in [1.29, 1.82) is 0 Å². The molecule has 0 amide bonds. The molecule has 1 aliphatic heterocycles. The SMILES string of the molecule is O=c1[nH]c(-c2cccnc2)nc2c1CN(Cc1ccc(OC3CCCC3)nc1)CC2. The minimum absolute atomic E-state index is 0.0676. The van der Waals surface area contributed by atoms with Crippen molar-refractivity contribution in [3.05, 3.63) is 70.0 Å². The number of hydrogen-bond acceptors (Lipinski definition) is 6. The molecule has 7 nitrogen and oxygen atoms in total. The van der Waals surface area contributed by atoms with Gasteiger partial charge in [0.25, 0.3) is 5.56 Å². The molecule has 4 heterocycles. The van der Waals surface area contributed by atoms with Crippen LogP contribution in [0.5, 0.6) is 5.88 Å². The summed E-state index contributed by atoms with van der Waals surface area (Å²) >= 11 is 0.